The summed E-state index contributed by atoms with van der Waals surface area (Å²) in [5, 5.41) is 0. The fourth-order valence-electron chi connectivity index (χ4n) is 2.52. The van der Waals surface area contributed by atoms with E-state index in [4.69, 9.17) is 5.73 Å². The standard InChI is InChI=1S/C11H21F3N2/c1-10(2)5-4-8(9(10)15)6-16(3)7-11(12,13)14/h8-9H,4-7,15H2,1-3H3. The Morgan fingerprint density at radius 1 is 1.38 bits per heavy atom. The first kappa shape index (κ1) is 13.8. The van der Waals surface area contributed by atoms with Crippen molar-refractivity contribution in [1.29, 1.82) is 0 Å². The molecule has 0 spiro atoms. The molecule has 96 valence electrons. The van der Waals surface area contributed by atoms with Gasteiger partial charge in [-0.3, -0.25) is 4.90 Å². The van der Waals surface area contributed by atoms with Crippen LogP contribution in [0.1, 0.15) is 26.7 Å². The van der Waals surface area contributed by atoms with Crippen molar-refractivity contribution in [2.75, 3.05) is 20.1 Å². The van der Waals surface area contributed by atoms with E-state index in [9.17, 15) is 13.2 Å². The number of nitrogens with zero attached hydrogens (tertiary/aromatic N) is 1. The summed E-state index contributed by atoms with van der Waals surface area (Å²) < 4.78 is 36.5. The number of nitrogens with two attached hydrogens (primary N) is 1. The van der Waals surface area contributed by atoms with Crippen molar-refractivity contribution in [3.8, 4) is 0 Å². The predicted octanol–water partition coefficient (Wildman–Crippen LogP) is 2.24. The average molecular weight is 238 g/mol. The van der Waals surface area contributed by atoms with E-state index >= 15 is 0 Å². The molecule has 0 amide bonds. The first-order valence-corrected chi connectivity index (χ1v) is 5.63. The van der Waals surface area contributed by atoms with Crippen LogP contribution in [0.4, 0.5) is 13.2 Å². The maximum absolute atomic E-state index is 12.2. The molecular weight excluding hydrogens is 217 g/mol. The van der Waals surface area contributed by atoms with Crippen LogP contribution in [0.15, 0.2) is 0 Å². The summed E-state index contributed by atoms with van der Waals surface area (Å²) in [5.41, 5.74) is 6.12. The lowest BCUT2D eigenvalue weighted by Gasteiger charge is -2.29. The lowest BCUT2D eigenvalue weighted by atomic mass is 9.85. The molecular formula is C11H21F3N2. The summed E-state index contributed by atoms with van der Waals surface area (Å²) in [6, 6.07) is 0.00295. The van der Waals surface area contributed by atoms with Crippen LogP contribution in [0, 0.1) is 11.3 Å². The van der Waals surface area contributed by atoms with Crippen LogP contribution in [0.5, 0.6) is 0 Å². The molecule has 1 saturated carbocycles. The van der Waals surface area contributed by atoms with Gasteiger partial charge in [0.1, 0.15) is 0 Å². The quantitative estimate of drug-likeness (QED) is 0.817. The molecule has 5 heteroatoms. The molecule has 1 rings (SSSR count). The highest BCUT2D eigenvalue weighted by Crippen LogP contribution is 2.40. The minimum absolute atomic E-state index is 0.00295. The van der Waals surface area contributed by atoms with Gasteiger partial charge < -0.3 is 5.73 Å². The van der Waals surface area contributed by atoms with E-state index in [1.165, 1.54) is 11.9 Å². The molecule has 2 unspecified atom stereocenters. The van der Waals surface area contributed by atoms with Gasteiger partial charge in [0.25, 0.3) is 0 Å². The van der Waals surface area contributed by atoms with Gasteiger partial charge in [-0.05, 0) is 31.2 Å². The Hall–Kier alpha value is -0.290. The maximum atomic E-state index is 12.2. The van der Waals surface area contributed by atoms with Gasteiger partial charge in [-0.2, -0.15) is 13.2 Å². The fraction of sp³-hybridized carbons (Fsp3) is 1.00. The smallest absolute Gasteiger partial charge is 0.327 e. The van der Waals surface area contributed by atoms with Crippen molar-refractivity contribution in [1.82, 2.24) is 4.90 Å². The second-order valence-electron chi connectivity index (χ2n) is 5.63. The summed E-state index contributed by atoms with van der Waals surface area (Å²) >= 11 is 0. The minimum Gasteiger partial charge on any atom is -0.327 e. The summed E-state index contributed by atoms with van der Waals surface area (Å²) in [6.07, 6.45) is -2.19. The number of hydrogen-bond acceptors (Lipinski definition) is 2. The van der Waals surface area contributed by atoms with Gasteiger partial charge in [-0.25, -0.2) is 0 Å². The zero-order chi connectivity index (χ0) is 12.6. The molecule has 0 radical (unpaired) electrons. The highest BCUT2D eigenvalue weighted by Gasteiger charge is 2.40. The highest BCUT2D eigenvalue weighted by atomic mass is 19.4. The van der Waals surface area contributed by atoms with E-state index in [1.807, 2.05) is 0 Å². The third kappa shape index (κ3) is 3.63. The van der Waals surface area contributed by atoms with Gasteiger partial charge in [0.05, 0.1) is 6.54 Å². The summed E-state index contributed by atoms with van der Waals surface area (Å²) in [6.45, 7) is 3.75. The Morgan fingerprint density at radius 3 is 2.31 bits per heavy atom. The van der Waals surface area contributed by atoms with E-state index < -0.39 is 12.7 Å². The van der Waals surface area contributed by atoms with Gasteiger partial charge in [-0.15, -0.1) is 0 Å². The summed E-state index contributed by atoms with van der Waals surface area (Å²) in [4.78, 5) is 1.33. The topological polar surface area (TPSA) is 29.3 Å². The molecule has 1 aliphatic rings. The second kappa shape index (κ2) is 4.53. The molecule has 2 nitrogen and oxygen atoms in total. The lowest BCUT2D eigenvalue weighted by Crippen LogP contribution is -2.43. The zero-order valence-electron chi connectivity index (χ0n) is 10.1. The normalized spacial score (nSPS) is 30.0. The SMILES string of the molecule is CN(CC1CCC(C)(C)C1N)CC(F)(F)F. The molecule has 1 aliphatic carbocycles. The predicted molar refractivity (Wildman–Crippen MR) is 58.0 cm³/mol. The Kier molecular flexibility index (Phi) is 3.90. The number of rotatable bonds is 3. The van der Waals surface area contributed by atoms with E-state index in [-0.39, 0.29) is 17.4 Å². The molecule has 0 bridgehead atoms. The molecule has 1 fully saturated rings. The largest absolute Gasteiger partial charge is 0.401 e. The van der Waals surface area contributed by atoms with Crippen LogP contribution in [0.3, 0.4) is 0 Å². The molecule has 0 aromatic heterocycles. The van der Waals surface area contributed by atoms with Crippen molar-refractivity contribution in [3.05, 3.63) is 0 Å². The van der Waals surface area contributed by atoms with E-state index in [0.29, 0.717) is 6.54 Å². The van der Waals surface area contributed by atoms with Crippen LogP contribution in [0.25, 0.3) is 0 Å². The van der Waals surface area contributed by atoms with E-state index in [1.54, 1.807) is 0 Å². The lowest BCUT2D eigenvalue weighted by molar-refractivity contribution is -0.144. The Morgan fingerprint density at radius 2 is 1.94 bits per heavy atom. The van der Waals surface area contributed by atoms with Crippen LogP contribution in [-0.2, 0) is 0 Å². The Balaban J connectivity index is 2.44. The fourth-order valence-corrected chi connectivity index (χ4v) is 2.52. The Labute approximate surface area is 95.0 Å². The van der Waals surface area contributed by atoms with Crippen LogP contribution < -0.4 is 5.73 Å². The van der Waals surface area contributed by atoms with Crippen molar-refractivity contribution in [2.45, 2.75) is 38.9 Å². The third-order valence-corrected chi connectivity index (χ3v) is 3.57. The molecule has 0 aliphatic heterocycles. The highest BCUT2D eigenvalue weighted by molar-refractivity contribution is 4.94. The summed E-state index contributed by atoms with van der Waals surface area (Å²) in [7, 11) is 1.51. The number of hydrogen-bond donors (Lipinski definition) is 1. The van der Waals surface area contributed by atoms with Crippen molar-refractivity contribution < 1.29 is 13.2 Å². The van der Waals surface area contributed by atoms with Crippen LogP contribution >= 0.6 is 0 Å². The van der Waals surface area contributed by atoms with E-state index in [2.05, 4.69) is 13.8 Å². The third-order valence-electron chi connectivity index (χ3n) is 3.57. The molecule has 0 aromatic rings. The molecule has 0 aromatic carbocycles. The van der Waals surface area contributed by atoms with Crippen molar-refractivity contribution in [3.63, 3.8) is 0 Å². The van der Waals surface area contributed by atoms with Crippen molar-refractivity contribution >= 4 is 0 Å². The Bertz CT molecular complexity index is 238. The zero-order valence-corrected chi connectivity index (χ0v) is 10.1. The van der Waals surface area contributed by atoms with Crippen molar-refractivity contribution in [2.24, 2.45) is 17.1 Å². The summed E-state index contributed by atoms with van der Waals surface area (Å²) in [5.74, 6) is 0.183. The maximum Gasteiger partial charge on any atom is 0.401 e. The number of halogens is 3. The molecule has 2 N–H and O–H groups in total. The molecule has 0 saturated heterocycles. The van der Waals surface area contributed by atoms with Crippen LogP contribution in [-0.4, -0.2) is 37.3 Å². The number of alkyl halides is 3. The van der Waals surface area contributed by atoms with Gasteiger partial charge in [-0.1, -0.05) is 13.8 Å². The average Bonchev–Trinajstić information content (AvgIpc) is 2.28. The minimum atomic E-state index is -4.12. The van der Waals surface area contributed by atoms with E-state index in [0.717, 1.165) is 12.8 Å². The van der Waals surface area contributed by atoms with Gasteiger partial charge >= 0.3 is 6.18 Å². The molecule has 0 heterocycles. The van der Waals surface area contributed by atoms with Gasteiger partial charge in [0.15, 0.2) is 0 Å². The first-order chi connectivity index (χ1) is 7.12. The van der Waals surface area contributed by atoms with Gasteiger partial charge in [0, 0.05) is 12.6 Å². The van der Waals surface area contributed by atoms with Gasteiger partial charge in [0.2, 0.25) is 0 Å². The van der Waals surface area contributed by atoms with Crippen LogP contribution in [0.2, 0.25) is 0 Å². The monoisotopic (exact) mass is 238 g/mol. The molecule has 16 heavy (non-hydrogen) atoms. The second-order valence-corrected chi connectivity index (χ2v) is 5.63. The molecule has 2 atom stereocenters. The first-order valence-electron chi connectivity index (χ1n) is 5.63.